The van der Waals surface area contributed by atoms with E-state index in [9.17, 15) is 5.11 Å². The first kappa shape index (κ1) is 14.0. The smallest absolute Gasteiger partial charge is 0.115 e. The molecule has 1 unspecified atom stereocenters. The van der Waals surface area contributed by atoms with E-state index in [4.69, 9.17) is 0 Å². The van der Waals surface area contributed by atoms with Gasteiger partial charge in [-0.15, -0.1) is 0 Å². The number of phenolic OH excluding ortho intramolecular Hbond substituents is 1. The first-order valence-electron chi connectivity index (χ1n) is 6.69. The molecule has 1 aromatic carbocycles. The summed E-state index contributed by atoms with van der Waals surface area (Å²) in [5.41, 5.74) is 1.31. The van der Waals surface area contributed by atoms with Crippen LogP contribution in [0.1, 0.15) is 39.2 Å². The van der Waals surface area contributed by atoms with Crippen LogP contribution >= 0.6 is 0 Å². The fourth-order valence-corrected chi connectivity index (χ4v) is 2.20. The molecule has 0 saturated heterocycles. The van der Waals surface area contributed by atoms with Crippen LogP contribution in [0.3, 0.4) is 0 Å². The summed E-state index contributed by atoms with van der Waals surface area (Å²) in [6.07, 6.45) is 3.48. The highest BCUT2D eigenvalue weighted by molar-refractivity contribution is 5.25. The second-order valence-electron chi connectivity index (χ2n) is 4.68. The van der Waals surface area contributed by atoms with Crippen LogP contribution in [0.5, 0.6) is 5.75 Å². The lowest BCUT2D eigenvalue weighted by Gasteiger charge is -2.27. The van der Waals surface area contributed by atoms with Gasteiger partial charge in [-0.2, -0.15) is 0 Å². The zero-order valence-corrected chi connectivity index (χ0v) is 11.3. The van der Waals surface area contributed by atoms with Crippen LogP contribution in [-0.4, -0.2) is 29.1 Å². The first-order valence-corrected chi connectivity index (χ1v) is 6.69. The lowest BCUT2D eigenvalue weighted by molar-refractivity contribution is 0.210. The topological polar surface area (TPSA) is 23.5 Å². The molecule has 0 saturated carbocycles. The summed E-state index contributed by atoms with van der Waals surface area (Å²) < 4.78 is 0. The van der Waals surface area contributed by atoms with Crippen molar-refractivity contribution in [2.45, 2.75) is 46.1 Å². The summed E-state index contributed by atoms with van der Waals surface area (Å²) in [4.78, 5) is 2.53. The molecule has 17 heavy (non-hydrogen) atoms. The van der Waals surface area contributed by atoms with Crippen LogP contribution in [-0.2, 0) is 6.42 Å². The monoisotopic (exact) mass is 235 g/mol. The molecule has 0 aromatic heterocycles. The number of hydrogen-bond donors (Lipinski definition) is 1. The molecule has 1 N–H and O–H groups in total. The molecule has 1 aromatic rings. The van der Waals surface area contributed by atoms with Crippen molar-refractivity contribution < 1.29 is 5.11 Å². The Labute approximate surface area is 105 Å². The Morgan fingerprint density at radius 1 is 1.18 bits per heavy atom. The third-order valence-corrected chi connectivity index (χ3v) is 3.33. The quantitative estimate of drug-likeness (QED) is 0.782. The number of phenols is 1. The van der Waals surface area contributed by atoms with E-state index >= 15 is 0 Å². The van der Waals surface area contributed by atoms with Gasteiger partial charge in [-0.3, -0.25) is 0 Å². The molecular formula is C15H25NO. The molecule has 0 aliphatic rings. The third-order valence-electron chi connectivity index (χ3n) is 3.33. The highest BCUT2D eigenvalue weighted by Crippen LogP contribution is 2.13. The molecule has 0 heterocycles. The Morgan fingerprint density at radius 3 is 2.35 bits per heavy atom. The second kappa shape index (κ2) is 7.33. The Kier molecular flexibility index (Phi) is 6.06. The fourth-order valence-electron chi connectivity index (χ4n) is 2.20. The maximum absolute atomic E-state index is 9.22. The summed E-state index contributed by atoms with van der Waals surface area (Å²) in [5.74, 6) is 0.350. The zero-order valence-electron chi connectivity index (χ0n) is 11.3. The SMILES string of the molecule is CCCN(CC)C(C)CCc1ccc(O)cc1. The van der Waals surface area contributed by atoms with E-state index in [1.165, 1.54) is 24.9 Å². The van der Waals surface area contributed by atoms with Crippen molar-refractivity contribution in [3.8, 4) is 5.75 Å². The van der Waals surface area contributed by atoms with Crippen molar-refractivity contribution in [2.24, 2.45) is 0 Å². The lowest BCUT2D eigenvalue weighted by Crippen LogP contribution is -2.33. The van der Waals surface area contributed by atoms with Gasteiger partial charge in [0.1, 0.15) is 5.75 Å². The molecule has 0 amide bonds. The standard InChI is InChI=1S/C15H25NO/c1-4-12-16(5-2)13(3)6-7-14-8-10-15(17)11-9-14/h8-11,13,17H,4-7,12H2,1-3H3. The molecule has 1 atom stereocenters. The van der Waals surface area contributed by atoms with Gasteiger partial charge < -0.3 is 10.0 Å². The van der Waals surface area contributed by atoms with E-state index in [2.05, 4.69) is 25.7 Å². The predicted molar refractivity (Wildman–Crippen MR) is 73.4 cm³/mol. The molecule has 0 aliphatic carbocycles. The predicted octanol–water partition coefficient (Wildman–Crippen LogP) is 3.45. The Balaban J connectivity index is 2.41. The average Bonchev–Trinajstić information content (AvgIpc) is 2.35. The molecule has 96 valence electrons. The maximum Gasteiger partial charge on any atom is 0.115 e. The van der Waals surface area contributed by atoms with Crippen LogP contribution in [0.2, 0.25) is 0 Å². The zero-order chi connectivity index (χ0) is 12.7. The average molecular weight is 235 g/mol. The Morgan fingerprint density at radius 2 is 1.82 bits per heavy atom. The normalized spacial score (nSPS) is 12.9. The van der Waals surface area contributed by atoms with Gasteiger partial charge in [0.2, 0.25) is 0 Å². The van der Waals surface area contributed by atoms with E-state index in [1.54, 1.807) is 12.1 Å². The number of nitrogens with zero attached hydrogens (tertiary/aromatic N) is 1. The van der Waals surface area contributed by atoms with Gasteiger partial charge in [0.25, 0.3) is 0 Å². The van der Waals surface area contributed by atoms with Crippen molar-refractivity contribution in [2.75, 3.05) is 13.1 Å². The molecule has 0 radical (unpaired) electrons. The van der Waals surface area contributed by atoms with Gasteiger partial charge >= 0.3 is 0 Å². The van der Waals surface area contributed by atoms with E-state index < -0.39 is 0 Å². The fraction of sp³-hybridized carbons (Fsp3) is 0.600. The molecule has 0 aliphatic heterocycles. The summed E-state index contributed by atoms with van der Waals surface area (Å²) in [5, 5.41) is 9.22. The molecule has 0 bridgehead atoms. The van der Waals surface area contributed by atoms with Gasteiger partial charge in [0, 0.05) is 6.04 Å². The minimum absolute atomic E-state index is 0.350. The van der Waals surface area contributed by atoms with Crippen LogP contribution in [0, 0.1) is 0 Å². The second-order valence-corrected chi connectivity index (χ2v) is 4.68. The van der Waals surface area contributed by atoms with E-state index in [0.29, 0.717) is 11.8 Å². The van der Waals surface area contributed by atoms with Crippen molar-refractivity contribution in [1.82, 2.24) is 4.90 Å². The summed E-state index contributed by atoms with van der Waals surface area (Å²) in [6, 6.07) is 8.19. The van der Waals surface area contributed by atoms with Crippen LogP contribution in [0.4, 0.5) is 0 Å². The molecule has 0 fully saturated rings. The summed E-state index contributed by atoms with van der Waals surface area (Å²) >= 11 is 0. The molecule has 2 heteroatoms. The Hall–Kier alpha value is -1.02. The van der Waals surface area contributed by atoms with E-state index in [1.807, 2.05) is 12.1 Å². The highest BCUT2D eigenvalue weighted by atomic mass is 16.3. The number of rotatable bonds is 7. The molecule has 2 nitrogen and oxygen atoms in total. The molecule has 1 rings (SSSR count). The molecular weight excluding hydrogens is 210 g/mol. The highest BCUT2D eigenvalue weighted by Gasteiger charge is 2.10. The minimum atomic E-state index is 0.350. The van der Waals surface area contributed by atoms with Gasteiger partial charge in [0.15, 0.2) is 0 Å². The lowest BCUT2D eigenvalue weighted by atomic mass is 10.0. The van der Waals surface area contributed by atoms with Crippen molar-refractivity contribution in [3.05, 3.63) is 29.8 Å². The number of benzene rings is 1. The number of aryl methyl sites for hydroxylation is 1. The Bertz CT molecular complexity index is 307. The largest absolute Gasteiger partial charge is 0.508 e. The van der Waals surface area contributed by atoms with Gasteiger partial charge in [-0.1, -0.05) is 26.0 Å². The van der Waals surface area contributed by atoms with Crippen molar-refractivity contribution in [1.29, 1.82) is 0 Å². The van der Waals surface area contributed by atoms with Crippen molar-refractivity contribution in [3.63, 3.8) is 0 Å². The third kappa shape index (κ3) is 4.78. The minimum Gasteiger partial charge on any atom is -0.508 e. The summed E-state index contributed by atoms with van der Waals surface area (Å²) in [7, 11) is 0. The first-order chi connectivity index (χ1) is 8.17. The van der Waals surface area contributed by atoms with Gasteiger partial charge in [-0.05, 0) is 57.0 Å². The van der Waals surface area contributed by atoms with Gasteiger partial charge in [-0.25, -0.2) is 0 Å². The number of hydrogen-bond acceptors (Lipinski definition) is 2. The maximum atomic E-state index is 9.22. The van der Waals surface area contributed by atoms with Crippen LogP contribution in [0.15, 0.2) is 24.3 Å². The summed E-state index contributed by atoms with van der Waals surface area (Å²) in [6.45, 7) is 9.08. The van der Waals surface area contributed by atoms with E-state index in [-0.39, 0.29) is 0 Å². The van der Waals surface area contributed by atoms with Crippen LogP contribution < -0.4 is 0 Å². The van der Waals surface area contributed by atoms with Crippen LogP contribution in [0.25, 0.3) is 0 Å². The molecule has 0 spiro atoms. The van der Waals surface area contributed by atoms with Gasteiger partial charge in [0.05, 0.1) is 0 Å². The van der Waals surface area contributed by atoms with Crippen molar-refractivity contribution >= 4 is 0 Å². The number of aromatic hydroxyl groups is 1. The van der Waals surface area contributed by atoms with E-state index in [0.717, 1.165) is 13.0 Å².